The maximum absolute atomic E-state index is 13.0. The van der Waals surface area contributed by atoms with Crippen molar-refractivity contribution < 1.29 is 9.13 Å². The highest BCUT2D eigenvalue weighted by atomic mass is 19.1. The number of benzene rings is 1. The summed E-state index contributed by atoms with van der Waals surface area (Å²) in [5, 5.41) is 3.69. The van der Waals surface area contributed by atoms with Crippen molar-refractivity contribution in [3.05, 3.63) is 35.6 Å². The van der Waals surface area contributed by atoms with Gasteiger partial charge in [0.15, 0.2) is 0 Å². The summed E-state index contributed by atoms with van der Waals surface area (Å²) in [6.07, 6.45) is 6.67. The maximum atomic E-state index is 13.0. The Labute approximate surface area is 120 Å². The van der Waals surface area contributed by atoms with Crippen molar-refractivity contribution in [2.45, 2.75) is 57.3 Å². The van der Waals surface area contributed by atoms with E-state index in [4.69, 9.17) is 4.74 Å². The monoisotopic (exact) mass is 277 g/mol. The zero-order valence-corrected chi connectivity index (χ0v) is 12.1. The molecule has 110 valence electrons. The highest BCUT2D eigenvalue weighted by Gasteiger charge is 2.44. The molecule has 0 aromatic heterocycles. The van der Waals surface area contributed by atoms with Crippen molar-refractivity contribution in [2.75, 3.05) is 6.54 Å². The van der Waals surface area contributed by atoms with Crippen LogP contribution in [-0.4, -0.2) is 24.8 Å². The minimum Gasteiger partial charge on any atom is -0.375 e. The molecular weight excluding hydrogens is 253 g/mol. The molecule has 0 aliphatic carbocycles. The van der Waals surface area contributed by atoms with Gasteiger partial charge in [0.2, 0.25) is 0 Å². The minimum atomic E-state index is -0.157. The molecule has 1 aromatic rings. The molecule has 2 bridgehead atoms. The summed E-state index contributed by atoms with van der Waals surface area (Å²) in [4.78, 5) is 0. The fourth-order valence-electron chi connectivity index (χ4n) is 3.68. The summed E-state index contributed by atoms with van der Waals surface area (Å²) in [6, 6.07) is 7.39. The number of hydrogen-bond donors (Lipinski definition) is 1. The number of rotatable bonds is 6. The topological polar surface area (TPSA) is 21.3 Å². The van der Waals surface area contributed by atoms with Crippen LogP contribution in [0.15, 0.2) is 24.3 Å². The van der Waals surface area contributed by atoms with Gasteiger partial charge in [-0.2, -0.15) is 0 Å². The van der Waals surface area contributed by atoms with Crippen molar-refractivity contribution in [1.29, 1.82) is 0 Å². The van der Waals surface area contributed by atoms with Crippen LogP contribution >= 0.6 is 0 Å². The summed E-state index contributed by atoms with van der Waals surface area (Å²) < 4.78 is 19.0. The molecule has 0 amide bonds. The van der Waals surface area contributed by atoms with Gasteiger partial charge in [0.25, 0.3) is 0 Å². The van der Waals surface area contributed by atoms with Gasteiger partial charge >= 0.3 is 0 Å². The largest absolute Gasteiger partial charge is 0.375 e. The predicted octanol–water partition coefficient (Wildman–Crippen LogP) is 3.30. The molecular formula is C17H24FNO. The Morgan fingerprint density at radius 3 is 2.70 bits per heavy atom. The Morgan fingerprint density at radius 1 is 1.30 bits per heavy atom. The lowest BCUT2D eigenvalue weighted by atomic mass is 9.81. The van der Waals surface area contributed by atoms with Gasteiger partial charge in [-0.3, -0.25) is 0 Å². The third-order valence-corrected chi connectivity index (χ3v) is 4.70. The summed E-state index contributed by atoms with van der Waals surface area (Å²) in [5.74, 6) is 0.459. The first-order valence-electron chi connectivity index (χ1n) is 7.89. The lowest BCUT2D eigenvalue weighted by Gasteiger charge is -2.29. The number of ether oxygens (including phenoxy) is 1. The summed E-state index contributed by atoms with van der Waals surface area (Å²) >= 11 is 0. The molecule has 1 N–H and O–H groups in total. The highest BCUT2D eigenvalue weighted by Crippen LogP contribution is 2.41. The standard InChI is InChI=1S/C17H24FNO/c1-2-9-19-16(10-12-3-5-13(18)6-4-12)15-11-14-7-8-17(15)20-14/h3-6,14-17,19H,2,7-11H2,1H3. The quantitative estimate of drug-likeness (QED) is 0.861. The average Bonchev–Trinajstić information content (AvgIpc) is 3.08. The van der Waals surface area contributed by atoms with E-state index in [1.165, 1.54) is 24.8 Å². The van der Waals surface area contributed by atoms with Gasteiger partial charge in [0.1, 0.15) is 5.82 Å². The molecule has 4 unspecified atom stereocenters. The molecule has 2 aliphatic rings. The van der Waals surface area contributed by atoms with Gasteiger partial charge in [-0.05, 0) is 56.3 Å². The van der Waals surface area contributed by atoms with Crippen LogP contribution in [0.25, 0.3) is 0 Å². The zero-order valence-electron chi connectivity index (χ0n) is 12.1. The molecule has 0 radical (unpaired) electrons. The molecule has 1 aromatic carbocycles. The van der Waals surface area contributed by atoms with Gasteiger partial charge in [-0.25, -0.2) is 4.39 Å². The van der Waals surface area contributed by atoms with E-state index in [1.54, 1.807) is 12.1 Å². The second-order valence-electron chi connectivity index (χ2n) is 6.16. The average molecular weight is 277 g/mol. The van der Waals surface area contributed by atoms with Crippen molar-refractivity contribution in [3.63, 3.8) is 0 Å². The number of fused-ring (bicyclic) bond motifs is 2. The normalized spacial score (nSPS) is 29.8. The first-order chi connectivity index (χ1) is 9.76. The fourth-order valence-corrected chi connectivity index (χ4v) is 3.68. The van der Waals surface area contributed by atoms with E-state index in [1.807, 2.05) is 12.1 Å². The van der Waals surface area contributed by atoms with Crippen molar-refractivity contribution in [2.24, 2.45) is 5.92 Å². The number of halogens is 1. The lowest BCUT2D eigenvalue weighted by Crippen LogP contribution is -2.42. The third kappa shape index (κ3) is 3.04. The fraction of sp³-hybridized carbons (Fsp3) is 0.647. The first kappa shape index (κ1) is 14.0. The Morgan fingerprint density at radius 2 is 2.10 bits per heavy atom. The molecule has 3 heteroatoms. The molecule has 2 nitrogen and oxygen atoms in total. The molecule has 2 aliphatic heterocycles. The second-order valence-corrected chi connectivity index (χ2v) is 6.16. The van der Waals surface area contributed by atoms with Gasteiger partial charge in [-0.1, -0.05) is 19.1 Å². The molecule has 0 spiro atoms. The third-order valence-electron chi connectivity index (χ3n) is 4.70. The van der Waals surface area contributed by atoms with E-state index in [-0.39, 0.29) is 5.82 Å². The van der Waals surface area contributed by atoms with Gasteiger partial charge in [-0.15, -0.1) is 0 Å². The van der Waals surface area contributed by atoms with E-state index in [9.17, 15) is 4.39 Å². The molecule has 2 fully saturated rings. The Hall–Kier alpha value is -0.930. The van der Waals surface area contributed by atoms with E-state index in [2.05, 4.69) is 12.2 Å². The second kappa shape index (κ2) is 6.23. The zero-order chi connectivity index (χ0) is 13.9. The number of hydrogen-bond acceptors (Lipinski definition) is 2. The summed E-state index contributed by atoms with van der Waals surface area (Å²) in [7, 11) is 0. The smallest absolute Gasteiger partial charge is 0.123 e. The highest BCUT2D eigenvalue weighted by molar-refractivity contribution is 5.18. The van der Waals surface area contributed by atoms with Crippen LogP contribution < -0.4 is 5.32 Å². The summed E-state index contributed by atoms with van der Waals surface area (Å²) in [6.45, 7) is 3.24. The van der Waals surface area contributed by atoms with Crippen LogP contribution in [0.2, 0.25) is 0 Å². The first-order valence-corrected chi connectivity index (χ1v) is 7.89. The van der Waals surface area contributed by atoms with E-state index >= 15 is 0 Å². The van der Waals surface area contributed by atoms with Crippen LogP contribution in [0, 0.1) is 11.7 Å². The van der Waals surface area contributed by atoms with Crippen molar-refractivity contribution in [1.82, 2.24) is 5.32 Å². The van der Waals surface area contributed by atoms with Crippen LogP contribution in [0.4, 0.5) is 4.39 Å². The van der Waals surface area contributed by atoms with E-state index < -0.39 is 0 Å². The van der Waals surface area contributed by atoms with Gasteiger partial charge in [0, 0.05) is 12.0 Å². The van der Waals surface area contributed by atoms with E-state index in [0.717, 1.165) is 19.4 Å². The molecule has 0 saturated carbocycles. The van der Waals surface area contributed by atoms with Crippen LogP contribution in [0.5, 0.6) is 0 Å². The SMILES string of the molecule is CCCNC(Cc1ccc(F)cc1)C1CC2CCC1O2. The molecule has 2 saturated heterocycles. The van der Waals surface area contributed by atoms with Crippen LogP contribution in [-0.2, 0) is 11.2 Å². The Bertz CT molecular complexity index is 433. The van der Waals surface area contributed by atoms with E-state index in [0.29, 0.717) is 24.2 Å². The molecule has 4 atom stereocenters. The minimum absolute atomic E-state index is 0.157. The van der Waals surface area contributed by atoms with Crippen LogP contribution in [0.3, 0.4) is 0 Å². The van der Waals surface area contributed by atoms with Crippen LogP contribution in [0.1, 0.15) is 38.2 Å². The lowest BCUT2D eigenvalue weighted by molar-refractivity contribution is 0.0857. The van der Waals surface area contributed by atoms with Gasteiger partial charge in [0.05, 0.1) is 12.2 Å². The number of nitrogens with one attached hydrogen (secondary N) is 1. The molecule has 20 heavy (non-hydrogen) atoms. The van der Waals surface area contributed by atoms with Crippen molar-refractivity contribution in [3.8, 4) is 0 Å². The Kier molecular flexibility index (Phi) is 4.37. The van der Waals surface area contributed by atoms with Crippen molar-refractivity contribution >= 4 is 0 Å². The van der Waals surface area contributed by atoms with Gasteiger partial charge < -0.3 is 10.1 Å². The summed E-state index contributed by atoms with van der Waals surface area (Å²) in [5.41, 5.74) is 1.21. The molecule has 3 rings (SSSR count). The maximum Gasteiger partial charge on any atom is 0.123 e. The molecule has 2 heterocycles. The Balaban J connectivity index is 1.67. The predicted molar refractivity (Wildman–Crippen MR) is 78.2 cm³/mol.